The fraction of sp³-hybridized carbons (Fsp3) is 0.564. The molecule has 12 nitrogen and oxygen atoms in total. The third-order valence-electron chi connectivity index (χ3n) is 7.96. The number of nitrogens with zero attached hydrogens (tertiary/aromatic N) is 1. The summed E-state index contributed by atoms with van der Waals surface area (Å²) >= 11 is 0. The first-order chi connectivity index (χ1) is 24.2. The monoisotopic (exact) mass is 707 g/mol. The predicted octanol–water partition coefficient (Wildman–Crippen LogP) is 7.56. The average Bonchev–Trinajstić information content (AvgIpc) is 3.36. The number of carbonyl (C=O) groups is 4. The van der Waals surface area contributed by atoms with E-state index in [1.54, 1.807) is 41.5 Å². The van der Waals surface area contributed by atoms with E-state index >= 15 is 0 Å². The highest BCUT2D eigenvalue weighted by molar-refractivity contribution is 5.98. The standard InChI is InChI=1S/C39H57N5O7/c1-8-9-10-11-12-17-24-40-33(45)32(23-18-25-41-34(43-36(47)50-38(2,3)4)44-37(48)51-39(5,6)7)42-35(46)49-26-31-29-21-15-13-19-27(29)28-20-14-16-22-30(28)31/h13-16,19-22,31-32H,8-12,17-18,23-26H2,1-7H3,(H,40,45)(H,42,46)(H2,41,43,44,47,48). The third kappa shape index (κ3) is 14.6. The van der Waals surface area contributed by atoms with Crippen LogP contribution in [0, 0.1) is 0 Å². The molecule has 12 heteroatoms. The molecule has 1 aliphatic rings. The van der Waals surface area contributed by atoms with Gasteiger partial charge in [-0.2, -0.15) is 0 Å². The first-order valence-electron chi connectivity index (χ1n) is 18.1. The van der Waals surface area contributed by atoms with Crippen molar-refractivity contribution in [2.24, 2.45) is 4.99 Å². The molecule has 0 spiro atoms. The first-order valence-corrected chi connectivity index (χ1v) is 18.1. The molecule has 2 aromatic carbocycles. The second kappa shape index (κ2) is 19.7. The van der Waals surface area contributed by atoms with Crippen LogP contribution >= 0.6 is 0 Å². The van der Waals surface area contributed by atoms with E-state index in [0.29, 0.717) is 13.0 Å². The summed E-state index contributed by atoms with van der Waals surface area (Å²) in [6.07, 6.45) is 4.72. The van der Waals surface area contributed by atoms with Gasteiger partial charge in [0, 0.05) is 19.0 Å². The van der Waals surface area contributed by atoms with Crippen LogP contribution in [0.5, 0.6) is 0 Å². The van der Waals surface area contributed by atoms with E-state index in [9.17, 15) is 19.2 Å². The molecular formula is C39H57N5O7. The molecule has 0 aliphatic heterocycles. The van der Waals surface area contributed by atoms with Gasteiger partial charge >= 0.3 is 18.3 Å². The number of alkyl carbamates (subject to hydrolysis) is 2. The molecule has 0 bridgehead atoms. The zero-order chi connectivity index (χ0) is 37.4. The Bertz CT molecular complexity index is 1450. The van der Waals surface area contributed by atoms with Gasteiger partial charge in [0.05, 0.1) is 0 Å². The number of guanidine groups is 1. The molecule has 0 aromatic heterocycles. The minimum atomic E-state index is -0.898. The minimum Gasteiger partial charge on any atom is -0.449 e. The highest BCUT2D eigenvalue weighted by Crippen LogP contribution is 2.44. The lowest BCUT2D eigenvalue weighted by Crippen LogP contribution is -2.48. The maximum Gasteiger partial charge on any atom is 0.437 e. The molecular weight excluding hydrogens is 650 g/mol. The van der Waals surface area contributed by atoms with Gasteiger partial charge in [-0.25, -0.2) is 14.4 Å². The number of benzene rings is 2. The number of amides is 4. The van der Waals surface area contributed by atoms with E-state index in [1.165, 1.54) is 19.3 Å². The van der Waals surface area contributed by atoms with E-state index < -0.39 is 35.5 Å². The number of hydrogen-bond donors (Lipinski definition) is 4. The number of carbonyl (C=O) groups excluding carboxylic acids is 4. The molecule has 2 aromatic rings. The number of unbranched alkanes of at least 4 members (excludes halogenated alkanes) is 5. The molecule has 1 atom stereocenters. The lowest BCUT2D eigenvalue weighted by atomic mass is 9.98. The van der Waals surface area contributed by atoms with Crippen molar-refractivity contribution in [2.45, 2.75) is 123 Å². The smallest absolute Gasteiger partial charge is 0.437 e. The Balaban J connectivity index is 1.63. The minimum absolute atomic E-state index is 0.118. The molecule has 0 heterocycles. The van der Waals surface area contributed by atoms with Crippen LogP contribution in [-0.4, -0.2) is 67.1 Å². The van der Waals surface area contributed by atoms with Crippen molar-refractivity contribution in [3.05, 3.63) is 59.7 Å². The largest absolute Gasteiger partial charge is 0.449 e. The van der Waals surface area contributed by atoms with Crippen LogP contribution in [0.3, 0.4) is 0 Å². The Morgan fingerprint density at radius 3 is 1.90 bits per heavy atom. The van der Waals surface area contributed by atoms with Gasteiger partial charge in [0.1, 0.15) is 23.9 Å². The Labute approximate surface area is 302 Å². The second-order valence-corrected chi connectivity index (χ2v) is 14.7. The molecule has 1 aliphatic carbocycles. The number of rotatable bonds is 15. The van der Waals surface area contributed by atoms with Crippen LogP contribution in [0.25, 0.3) is 11.1 Å². The molecule has 51 heavy (non-hydrogen) atoms. The Morgan fingerprint density at radius 2 is 1.29 bits per heavy atom. The summed E-state index contributed by atoms with van der Waals surface area (Å²) in [5, 5.41) is 11.1. The molecule has 1 unspecified atom stereocenters. The maximum atomic E-state index is 13.3. The highest BCUT2D eigenvalue weighted by Gasteiger charge is 2.30. The molecule has 0 saturated heterocycles. The SMILES string of the molecule is CCCCCCCCNC(=O)C(CCCNC(=NC(=O)OC(C)(C)C)NC(=O)OC(C)(C)C)NC(=O)OCC1c2ccccc2-c2ccccc21. The molecule has 280 valence electrons. The van der Waals surface area contributed by atoms with Crippen LogP contribution in [0.2, 0.25) is 0 Å². The van der Waals surface area contributed by atoms with Gasteiger partial charge in [-0.1, -0.05) is 87.6 Å². The third-order valence-corrected chi connectivity index (χ3v) is 7.96. The summed E-state index contributed by atoms with van der Waals surface area (Å²) < 4.78 is 16.3. The van der Waals surface area contributed by atoms with E-state index in [2.05, 4.69) is 45.3 Å². The van der Waals surface area contributed by atoms with E-state index in [4.69, 9.17) is 14.2 Å². The number of aliphatic imine (C=N–C) groups is 1. The zero-order valence-electron chi connectivity index (χ0n) is 31.4. The average molecular weight is 708 g/mol. The van der Waals surface area contributed by atoms with E-state index in [1.807, 2.05) is 36.4 Å². The Kier molecular flexibility index (Phi) is 15.8. The van der Waals surface area contributed by atoms with Crippen molar-refractivity contribution >= 4 is 30.1 Å². The van der Waals surface area contributed by atoms with Crippen molar-refractivity contribution in [1.29, 1.82) is 0 Å². The number of fused-ring (bicyclic) bond motifs is 3. The van der Waals surface area contributed by atoms with Gasteiger partial charge < -0.3 is 30.2 Å². The molecule has 0 radical (unpaired) electrons. The Morgan fingerprint density at radius 1 is 0.725 bits per heavy atom. The first kappa shape index (κ1) is 40.8. The summed E-state index contributed by atoms with van der Waals surface area (Å²) in [6.45, 7) is 13.2. The summed E-state index contributed by atoms with van der Waals surface area (Å²) in [5.41, 5.74) is 2.86. The molecule has 3 rings (SSSR count). The fourth-order valence-corrected chi connectivity index (χ4v) is 5.69. The summed E-state index contributed by atoms with van der Waals surface area (Å²) in [4.78, 5) is 55.2. The number of nitrogens with one attached hydrogen (secondary N) is 4. The van der Waals surface area contributed by atoms with Gasteiger partial charge in [0.15, 0.2) is 0 Å². The van der Waals surface area contributed by atoms with Crippen LogP contribution in [-0.2, 0) is 19.0 Å². The lowest BCUT2D eigenvalue weighted by Gasteiger charge is -2.22. The van der Waals surface area contributed by atoms with Gasteiger partial charge in [0.25, 0.3) is 0 Å². The predicted molar refractivity (Wildman–Crippen MR) is 199 cm³/mol. The number of hydrogen-bond acceptors (Lipinski definition) is 7. The summed E-state index contributed by atoms with van der Waals surface area (Å²) in [7, 11) is 0. The van der Waals surface area contributed by atoms with Crippen molar-refractivity contribution < 1.29 is 33.4 Å². The van der Waals surface area contributed by atoms with Gasteiger partial charge in [0.2, 0.25) is 11.9 Å². The van der Waals surface area contributed by atoms with Gasteiger partial charge in [-0.15, -0.1) is 4.99 Å². The van der Waals surface area contributed by atoms with Gasteiger partial charge in [-0.05, 0) is 83.1 Å². The molecule has 4 amide bonds. The van der Waals surface area contributed by atoms with Crippen LogP contribution in [0.1, 0.15) is 117 Å². The van der Waals surface area contributed by atoms with Crippen molar-refractivity contribution in [1.82, 2.24) is 21.3 Å². The highest BCUT2D eigenvalue weighted by atomic mass is 16.6. The summed E-state index contributed by atoms with van der Waals surface area (Å²) in [5.74, 6) is -0.592. The van der Waals surface area contributed by atoms with Crippen LogP contribution in [0.4, 0.5) is 14.4 Å². The topological polar surface area (TPSA) is 156 Å². The van der Waals surface area contributed by atoms with E-state index in [-0.39, 0.29) is 37.4 Å². The normalized spacial score (nSPS) is 13.4. The van der Waals surface area contributed by atoms with Gasteiger partial charge in [-0.3, -0.25) is 10.1 Å². The van der Waals surface area contributed by atoms with E-state index in [0.717, 1.165) is 41.5 Å². The zero-order valence-corrected chi connectivity index (χ0v) is 31.4. The molecule has 0 saturated carbocycles. The molecule has 4 N–H and O–H groups in total. The fourth-order valence-electron chi connectivity index (χ4n) is 5.69. The van der Waals surface area contributed by atoms with Crippen molar-refractivity contribution in [3.63, 3.8) is 0 Å². The van der Waals surface area contributed by atoms with Crippen molar-refractivity contribution in [3.8, 4) is 11.1 Å². The lowest BCUT2D eigenvalue weighted by molar-refractivity contribution is -0.123. The van der Waals surface area contributed by atoms with Crippen molar-refractivity contribution in [2.75, 3.05) is 19.7 Å². The van der Waals surface area contributed by atoms with Crippen LogP contribution < -0.4 is 21.3 Å². The molecule has 0 fully saturated rings. The maximum absolute atomic E-state index is 13.3. The summed E-state index contributed by atoms with van der Waals surface area (Å²) in [6, 6.07) is 15.3. The van der Waals surface area contributed by atoms with Crippen LogP contribution in [0.15, 0.2) is 53.5 Å². The second-order valence-electron chi connectivity index (χ2n) is 14.7. The quantitative estimate of drug-likeness (QED) is 0.0640. The Hall–Kier alpha value is -4.61. The number of ether oxygens (including phenoxy) is 3.